The molecule has 1 fully saturated rings. The minimum absolute atomic E-state index is 0. The second-order valence-electron chi connectivity index (χ2n) is 5.87. The summed E-state index contributed by atoms with van der Waals surface area (Å²) < 4.78 is 5.36. The molecule has 0 spiro atoms. The molecule has 1 aromatic carbocycles. The molecule has 0 bridgehead atoms. The topological polar surface area (TPSA) is 68.2 Å². The number of piperidine rings is 1. The van der Waals surface area contributed by atoms with Crippen molar-refractivity contribution in [2.75, 3.05) is 13.1 Å². The summed E-state index contributed by atoms with van der Waals surface area (Å²) >= 11 is 0. The highest BCUT2D eigenvalue weighted by molar-refractivity contribution is 5.85. The molecule has 2 atom stereocenters. The summed E-state index contributed by atoms with van der Waals surface area (Å²) in [6, 6.07) is 10.3. The Balaban J connectivity index is 0.00000176. The minimum Gasteiger partial charge on any atom is -0.334 e. The molecule has 2 N–H and O–H groups in total. The van der Waals surface area contributed by atoms with Gasteiger partial charge in [0.2, 0.25) is 0 Å². The van der Waals surface area contributed by atoms with Crippen molar-refractivity contribution in [3.05, 3.63) is 36.2 Å². The van der Waals surface area contributed by atoms with Crippen LogP contribution >= 0.6 is 12.4 Å². The number of benzene rings is 1. The van der Waals surface area contributed by atoms with Gasteiger partial charge in [0.25, 0.3) is 5.89 Å². The van der Waals surface area contributed by atoms with Crippen LogP contribution in [-0.2, 0) is 6.54 Å². The first kappa shape index (κ1) is 16.9. The monoisotopic (exact) mass is 322 g/mol. The Hall–Kier alpha value is -1.43. The summed E-state index contributed by atoms with van der Waals surface area (Å²) in [5, 5.41) is 4.11. The van der Waals surface area contributed by atoms with Gasteiger partial charge in [0.1, 0.15) is 0 Å². The number of nitrogens with zero attached hydrogens (tertiary/aromatic N) is 3. The third-order valence-corrected chi connectivity index (χ3v) is 4.21. The van der Waals surface area contributed by atoms with Gasteiger partial charge in [0, 0.05) is 18.2 Å². The lowest BCUT2D eigenvalue weighted by molar-refractivity contribution is 0.111. The van der Waals surface area contributed by atoms with E-state index < -0.39 is 0 Å². The third kappa shape index (κ3) is 3.85. The smallest absolute Gasteiger partial charge is 0.257 e. The number of likely N-dealkylation sites (tertiary alicyclic amines) is 1. The highest BCUT2D eigenvalue weighted by atomic mass is 35.5. The maximum absolute atomic E-state index is 5.90. The second kappa shape index (κ2) is 7.72. The zero-order chi connectivity index (χ0) is 14.7. The molecule has 1 aliphatic heterocycles. The summed E-state index contributed by atoms with van der Waals surface area (Å²) in [5.41, 5.74) is 6.86. The molecule has 1 aromatic heterocycles. The van der Waals surface area contributed by atoms with Crippen molar-refractivity contribution in [3.63, 3.8) is 0 Å². The summed E-state index contributed by atoms with van der Waals surface area (Å²) in [5.74, 6) is 2.07. The van der Waals surface area contributed by atoms with Crippen LogP contribution in [0, 0.1) is 5.92 Å². The molecule has 6 heteroatoms. The van der Waals surface area contributed by atoms with Crippen LogP contribution in [0.2, 0.25) is 0 Å². The molecule has 120 valence electrons. The minimum atomic E-state index is 0. The van der Waals surface area contributed by atoms with Crippen molar-refractivity contribution in [1.82, 2.24) is 15.0 Å². The van der Waals surface area contributed by atoms with Gasteiger partial charge in [-0.1, -0.05) is 30.3 Å². The molecule has 22 heavy (non-hydrogen) atoms. The van der Waals surface area contributed by atoms with Gasteiger partial charge in [-0.15, -0.1) is 12.4 Å². The van der Waals surface area contributed by atoms with E-state index in [1.807, 2.05) is 30.3 Å². The van der Waals surface area contributed by atoms with Crippen molar-refractivity contribution in [2.24, 2.45) is 11.7 Å². The van der Waals surface area contributed by atoms with Crippen molar-refractivity contribution < 1.29 is 4.52 Å². The van der Waals surface area contributed by atoms with Crippen LogP contribution in [0.25, 0.3) is 11.5 Å². The predicted molar refractivity (Wildman–Crippen MR) is 88.6 cm³/mol. The van der Waals surface area contributed by atoms with Crippen LogP contribution in [0.1, 0.15) is 25.6 Å². The van der Waals surface area contributed by atoms with E-state index in [0.717, 1.165) is 30.3 Å². The number of rotatable bonds is 4. The first-order valence-electron chi connectivity index (χ1n) is 7.58. The second-order valence-corrected chi connectivity index (χ2v) is 5.87. The molecule has 3 rings (SSSR count). The number of halogens is 1. The Bertz CT molecular complexity index is 575. The van der Waals surface area contributed by atoms with Crippen molar-refractivity contribution in [3.8, 4) is 11.5 Å². The number of nitrogens with two attached hydrogens (primary N) is 1. The molecule has 0 amide bonds. The van der Waals surface area contributed by atoms with Gasteiger partial charge in [0.15, 0.2) is 5.82 Å². The molecule has 2 aromatic rings. The highest BCUT2D eigenvalue weighted by Crippen LogP contribution is 2.24. The van der Waals surface area contributed by atoms with E-state index in [-0.39, 0.29) is 12.4 Å². The lowest BCUT2D eigenvalue weighted by atomic mass is 9.92. The van der Waals surface area contributed by atoms with E-state index in [1.165, 1.54) is 6.42 Å². The number of hydrogen-bond acceptors (Lipinski definition) is 5. The van der Waals surface area contributed by atoms with E-state index in [0.29, 0.717) is 25.0 Å². The maximum atomic E-state index is 5.90. The van der Waals surface area contributed by atoms with E-state index in [4.69, 9.17) is 10.3 Å². The SMILES string of the molecule is CC1CCN(Cc2noc(-c3ccccc3)n2)C(CN)C1.Cl. The molecule has 2 unspecified atom stereocenters. The average Bonchev–Trinajstić information content (AvgIpc) is 2.98. The molecule has 1 aliphatic rings. The van der Waals surface area contributed by atoms with Crippen LogP contribution in [0.4, 0.5) is 0 Å². The normalized spacial score (nSPS) is 22.3. The van der Waals surface area contributed by atoms with Crippen LogP contribution in [-0.4, -0.2) is 34.2 Å². The molecule has 5 nitrogen and oxygen atoms in total. The Morgan fingerprint density at radius 1 is 1.32 bits per heavy atom. The van der Waals surface area contributed by atoms with Gasteiger partial charge in [-0.05, 0) is 37.4 Å². The Labute approximate surface area is 137 Å². The van der Waals surface area contributed by atoms with Gasteiger partial charge >= 0.3 is 0 Å². The molecule has 2 heterocycles. The molecule has 1 saturated heterocycles. The summed E-state index contributed by atoms with van der Waals surface area (Å²) in [4.78, 5) is 6.88. The molecule has 0 saturated carbocycles. The van der Waals surface area contributed by atoms with Crippen LogP contribution < -0.4 is 5.73 Å². The number of aromatic nitrogens is 2. The van der Waals surface area contributed by atoms with Gasteiger partial charge in [-0.25, -0.2) is 0 Å². The van der Waals surface area contributed by atoms with Gasteiger partial charge < -0.3 is 10.3 Å². The lowest BCUT2D eigenvalue weighted by Crippen LogP contribution is -2.45. The van der Waals surface area contributed by atoms with E-state index >= 15 is 0 Å². The number of hydrogen-bond donors (Lipinski definition) is 1. The third-order valence-electron chi connectivity index (χ3n) is 4.21. The Morgan fingerprint density at radius 3 is 2.82 bits per heavy atom. The molecule has 0 radical (unpaired) electrons. The largest absolute Gasteiger partial charge is 0.334 e. The fourth-order valence-electron chi connectivity index (χ4n) is 2.95. The fourth-order valence-corrected chi connectivity index (χ4v) is 2.95. The van der Waals surface area contributed by atoms with E-state index in [2.05, 4.69) is 22.0 Å². The van der Waals surface area contributed by atoms with E-state index in [1.54, 1.807) is 0 Å². The first-order chi connectivity index (χ1) is 10.3. The van der Waals surface area contributed by atoms with Crippen LogP contribution in [0.3, 0.4) is 0 Å². The van der Waals surface area contributed by atoms with Crippen molar-refractivity contribution in [1.29, 1.82) is 0 Å². The van der Waals surface area contributed by atoms with Crippen molar-refractivity contribution >= 4 is 12.4 Å². The summed E-state index contributed by atoms with van der Waals surface area (Å²) in [7, 11) is 0. The fraction of sp³-hybridized carbons (Fsp3) is 0.500. The Morgan fingerprint density at radius 2 is 2.09 bits per heavy atom. The lowest BCUT2D eigenvalue weighted by Gasteiger charge is -2.37. The quantitative estimate of drug-likeness (QED) is 0.937. The van der Waals surface area contributed by atoms with Gasteiger partial charge in [0.05, 0.1) is 6.54 Å². The van der Waals surface area contributed by atoms with Crippen LogP contribution in [0.5, 0.6) is 0 Å². The maximum Gasteiger partial charge on any atom is 0.257 e. The summed E-state index contributed by atoms with van der Waals surface area (Å²) in [6.07, 6.45) is 2.36. The molecule has 0 aliphatic carbocycles. The first-order valence-corrected chi connectivity index (χ1v) is 7.58. The zero-order valence-electron chi connectivity index (χ0n) is 12.8. The van der Waals surface area contributed by atoms with Gasteiger partial charge in [-0.2, -0.15) is 4.98 Å². The van der Waals surface area contributed by atoms with Crippen molar-refractivity contribution in [2.45, 2.75) is 32.4 Å². The van der Waals surface area contributed by atoms with Crippen LogP contribution in [0.15, 0.2) is 34.9 Å². The standard InChI is InChI=1S/C16H22N4O.ClH/c1-12-7-8-20(14(9-12)10-17)11-15-18-16(21-19-15)13-5-3-2-4-6-13;/h2-6,12,14H,7-11,17H2,1H3;1H. The zero-order valence-corrected chi connectivity index (χ0v) is 13.6. The highest BCUT2D eigenvalue weighted by Gasteiger charge is 2.26. The predicted octanol–water partition coefficient (Wildman–Crippen LogP) is 2.72. The van der Waals surface area contributed by atoms with E-state index in [9.17, 15) is 0 Å². The molecular formula is C16H23ClN4O. The summed E-state index contributed by atoms with van der Waals surface area (Å²) in [6.45, 7) is 4.75. The molecular weight excluding hydrogens is 300 g/mol. The Kier molecular flexibility index (Phi) is 5.94. The average molecular weight is 323 g/mol. The van der Waals surface area contributed by atoms with Gasteiger partial charge in [-0.3, -0.25) is 4.90 Å².